The number of nitrogens with zero attached hydrogens (tertiary/aromatic N) is 3. The van der Waals surface area contributed by atoms with E-state index in [1.54, 1.807) is 0 Å². The largest absolute Gasteiger partial charge is 0.354 e. The zero-order valence-electron chi connectivity index (χ0n) is 10.8. The Morgan fingerprint density at radius 1 is 1.29 bits per heavy atom. The van der Waals surface area contributed by atoms with Crippen LogP contribution in [-0.4, -0.2) is 36.1 Å². The third-order valence-electron chi connectivity index (χ3n) is 2.72. The highest BCUT2D eigenvalue weighted by atomic mass is 15.2. The summed E-state index contributed by atoms with van der Waals surface area (Å²) in [5, 5.41) is 3.35. The van der Waals surface area contributed by atoms with Gasteiger partial charge in [-0.2, -0.15) is 0 Å². The average molecular weight is 232 g/mol. The quantitative estimate of drug-likeness (QED) is 0.841. The maximum atomic E-state index is 4.52. The Labute approximate surface area is 103 Å². The lowest BCUT2D eigenvalue weighted by Gasteiger charge is -2.28. The molecule has 0 atom stereocenters. The number of anilines is 1. The van der Waals surface area contributed by atoms with Crippen molar-refractivity contribution < 1.29 is 0 Å². The summed E-state index contributed by atoms with van der Waals surface area (Å²) in [6, 6.07) is 2.07. The molecule has 1 aliphatic rings. The molecule has 0 amide bonds. The first kappa shape index (κ1) is 12.0. The Morgan fingerprint density at radius 3 is 2.65 bits per heavy atom. The van der Waals surface area contributed by atoms with Crippen LogP contribution >= 0.6 is 0 Å². The van der Waals surface area contributed by atoms with E-state index in [2.05, 4.69) is 46.2 Å². The van der Waals surface area contributed by atoms with Crippen LogP contribution in [0, 0.1) is 6.92 Å². The van der Waals surface area contributed by atoms with Crippen molar-refractivity contribution in [1.29, 1.82) is 0 Å². The van der Waals surface area contributed by atoms with E-state index in [1.165, 1.54) is 5.57 Å². The summed E-state index contributed by atoms with van der Waals surface area (Å²) in [7, 11) is 0. The first-order valence-electron chi connectivity index (χ1n) is 6.11. The van der Waals surface area contributed by atoms with Crippen LogP contribution in [0.25, 0.3) is 6.08 Å². The molecule has 2 rings (SSSR count). The minimum atomic E-state index is 0.841. The number of piperazine rings is 1. The smallest absolute Gasteiger partial charge is 0.132 e. The van der Waals surface area contributed by atoms with Crippen LogP contribution in [0.4, 0.5) is 5.82 Å². The molecule has 92 valence electrons. The van der Waals surface area contributed by atoms with Gasteiger partial charge in [0.05, 0.1) is 5.69 Å². The first-order chi connectivity index (χ1) is 8.15. The molecule has 4 heteroatoms. The molecule has 0 aromatic carbocycles. The molecule has 0 radical (unpaired) electrons. The van der Waals surface area contributed by atoms with Gasteiger partial charge in [0.1, 0.15) is 11.6 Å². The van der Waals surface area contributed by atoms with Crippen molar-refractivity contribution in [2.24, 2.45) is 0 Å². The van der Waals surface area contributed by atoms with Gasteiger partial charge in [0.2, 0.25) is 0 Å². The number of nitrogens with one attached hydrogen (secondary N) is 1. The van der Waals surface area contributed by atoms with Crippen LogP contribution in [0.5, 0.6) is 0 Å². The van der Waals surface area contributed by atoms with E-state index < -0.39 is 0 Å². The normalized spacial score (nSPS) is 15.8. The third kappa shape index (κ3) is 3.27. The van der Waals surface area contributed by atoms with Crippen molar-refractivity contribution >= 4 is 11.9 Å². The molecule has 17 heavy (non-hydrogen) atoms. The third-order valence-corrected chi connectivity index (χ3v) is 2.72. The predicted octanol–water partition coefficient (Wildman–Crippen LogP) is 1.62. The summed E-state index contributed by atoms with van der Waals surface area (Å²) in [5.41, 5.74) is 2.26. The average Bonchev–Trinajstić information content (AvgIpc) is 2.28. The second kappa shape index (κ2) is 5.27. The summed E-state index contributed by atoms with van der Waals surface area (Å²) in [5.74, 6) is 1.89. The van der Waals surface area contributed by atoms with Gasteiger partial charge in [-0.05, 0) is 26.8 Å². The minimum absolute atomic E-state index is 0.841. The second-order valence-corrected chi connectivity index (χ2v) is 4.66. The molecule has 4 nitrogen and oxygen atoms in total. The Balaban J connectivity index is 2.27. The molecule has 0 saturated carbocycles. The zero-order chi connectivity index (χ0) is 12.3. The van der Waals surface area contributed by atoms with Crippen molar-refractivity contribution in [3.63, 3.8) is 0 Å². The SMILES string of the molecule is CC(C)=Cc1cc(N2CCNCC2)nc(C)n1. The number of hydrogen-bond acceptors (Lipinski definition) is 4. The topological polar surface area (TPSA) is 41.0 Å². The molecular weight excluding hydrogens is 212 g/mol. The van der Waals surface area contributed by atoms with Crippen molar-refractivity contribution in [2.75, 3.05) is 31.1 Å². The Hall–Kier alpha value is -1.42. The van der Waals surface area contributed by atoms with Gasteiger partial charge in [-0.15, -0.1) is 0 Å². The van der Waals surface area contributed by atoms with E-state index in [0.29, 0.717) is 0 Å². The lowest BCUT2D eigenvalue weighted by atomic mass is 10.2. The maximum absolute atomic E-state index is 4.52. The van der Waals surface area contributed by atoms with Crippen LogP contribution in [0.3, 0.4) is 0 Å². The van der Waals surface area contributed by atoms with E-state index in [0.717, 1.165) is 43.5 Å². The van der Waals surface area contributed by atoms with Gasteiger partial charge in [0.25, 0.3) is 0 Å². The van der Waals surface area contributed by atoms with Gasteiger partial charge in [-0.1, -0.05) is 5.57 Å². The molecule has 1 N–H and O–H groups in total. The fourth-order valence-corrected chi connectivity index (χ4v) is 2.00. The van der Waals surface area contributed by atoms with Crippen LogP contribution < -0.4 is 10.2 Å². The molecule has 0 unspecified atom stereocenters. The maximum Gasteiger partial charge on any atom is 0.132 e. The molecule has 1 aromatic heterocycles. The van der Waals surface area contributed by atoms with Crippen LogP contribution in [0.15, 0.2) is 11.6 Å². The van der Waals surface area contributed by atoms with Crippen molar-refractivity contribution in [3.05, 3.63) is 23.2 Å². The molecule has 1 saturated heterocycles. The van der Waals surface area contributed by atoms with Crippen molar-refractivity contribution in [2.45, 2.75) is 20.8 Å². The van der Waals surface area contributed by atoms with E-state index in [-0.39, 0.29) is 0 Å². The Bertz CT molecular complexity index is 415. The highest BCUT2D eigenvalue weighted by Gasteiger charge is 2.12. The molecule has 1 fully saturated rings. The zero-order valence-corrected chi connectivity index (χ0v) is 10.8. The fourth-order valence-electron chi connectivity index (χ4n) is 2.00. The van der Waals surface area contributed by atoms with Crippen LogP contribution in [-0.2, 0) is 0 Å². The van der Waals surface area contributed by atoms with Gasteiger partial charge < -0.3 is 10.2 Å². The number of aryl methyl sites for hydroxylation is 1. The summed E-state index contributed by atoms with van der Waals surface area (Å²) >= 11 is 0. The van der Waals surface area contributed by atoms with E-state index >= 15 is 0 Å². The molecule has 1 aliphatic heterocycles. The molecule has 0 bridgehead atoms. The highest BCUT2D eigenvalue weighted by Crippen LogP contribution is 2.15. The molecule has 2 heterocycles. The van der Waals surface area contributed by atoms with Crippen molar-refractivity contribution in [3.8, 4) is 0 Å². The van der Waals surface area contributed by atoms with Crippen molar-refractivity contribution in [1.82, 2.24) is 15.3 Å². The van der Waals surface area contributed by atoms with Gasteiger partial charge in [0.15, 0.2) is 0 Å². The highest BCUT2D eigenvalue weighted by molar-refractivity contribution is 5.53. The summed E-state index contributed by atoms with van der Waals surface area (Å²) in [4.78, 5) is 11.3. The number of aromatic nitrogens is 2. The summed E-state index contributed by atoms with van der Waals surface area (Å²) < 4.78 is 0. The van der Waals surface area contributed by atoms with Gasteiger partial charge >= 0.3 is 0 Å². The lowest BCUT2D eigenvalue weighted by molar-refractivity contribution is 0.584. The van der Waals surface area contributed by atoms with Gasteiger partial charge in [-0.25, -0.2) is 9.97 Å². The Kier molecular flexibility index (Phi) is 3.74. The lowest BCUT2D eigenvalue weighted by Crippen LogP contribution is -2.44. The van der Waals surface area contributed by atoms with Gasteiger partial charge in [0, 0.05) is 32.2 Å². The second-order valence-electron chi connectivity index (χ2n) is 4.66. The fraction of sp³-hybridized carbons (Fsp3) is 0.538. The molecule has 0 aliphatic carbocycles. The number of allylic oxidation sites excluding steroid dienone is 1. The van der Waals surface area contributed by atoms with E-state index in [1.807, 2.05) is 6.92 Å². The molecular formula is C13H20N4. The summed E-state index contributed by atoms with van der Waals surface area (Å²) in [6.45, 7) is 10.2. The standard InChI is InChI=1S/C13H20N4/c1-10(2)8-12-9-13(16-11(3)15-12)17-6-4-14-5-7-17/h8-9,14H,4-7H2,1-3H3. The summed E-state index contributed by atoms with van der Waals surface area (Å²) in [6.07, 6.45) is 2.10. The van der Waals surface area contributed by atoms with Gasteiger partial charge in [-0.3, -0.25) is 0 Å². The van der Waals surface area contributed by atoms with Crippen LogP contribution in [0.2, 0.25) is 0 Å². The minimum Gasteiger partial charge on any atom is -0.354 e. The monoisotopic (exact) mass is 232 g/mol. The molecule has 0 spiro atoms. The number of rotatable bonds is 2. The van der Waals surface area contributed by atoms with Crippen LogP contribution in [0.1, 0.15) is 25.4 Å². The Morgan fingerprint density at radius 2 is 2.00 bits per heavy atom. The van der Waals surface area contributed by atoms with E-state index in [9.17, 15) is 0 Å². The van der Waals surface area contributed by atoms with E-state index in [4.69, 9.17) is 0 Å². The first-order valence-corrected chi connectivity index (χ1v) is 6.11. The predicted molar refractivity (Wildman–Crippen MR) is 71.2 cm³/mol. The molecule has 1 aromatic rings. The number of hydrogen-bond donors (Lipinski definition) is 1.